The molecule has 1 heterocycles. The van der Waals surface area contributed by atoms with Crippen molar-refractivity contribution in [1.82, 2.24) is 5.32 Å². The predicted octanol–water partition coefficient (Wildman–Crippen LogP) is 7.69. The summed E-state index contributed by atoms with van der Waals surface area (Å²) in [5.41, 5.74) is 0.459. The predicted molar refractivity (Wildman–Crippen MR) is 147 cm³/mol. The third kappa shape index (κ3) is 12.9. The van der Waals surface area contributed by atoms with Crippen LogP contribution < -0.4 is 5.32 Å². The summed E-state index contributed by atoms with van der Waals surface area (Å²) in [6, 6.07) is 10.0. The van der Waals surface area contributed by atoms with Crippen LogP contribution >= 0.6 is 0 Å². The fourth-order valence-corrected chi connectivity index (χ4v) is 4.82. The van der Waals surface area contributed by atoms with Gasteiger partial charge in [-0.05, 0) is 36.9 Å². The molecule has 0 bridgehead atoms. The van der Waals surface area contributed by atoms with Crippen LogP contribution in [0.15, 0.2) is 30.3 Å². The summed E-state index contributed by atoms with van der Waals surface area (Å²) in [7, 11) is 0. The van der Waals surface area contributed by atoms with E-state index in [-0.39, 0.29) is 0 Å². The third-order valence-electron chi connectivity index (χ3n) is 6.97. The fraction of sp³-hybridized carbons (Fsp3) is 0.656. The van der Waals surface area contributed by atoms with Gasteiger partial charge in [-0.3, -0.25) is 0 Å². The van der Waals surface area contributed by atoms with Gasteiger partial charge in [0.25, 0.3) is 0 Å². The highest BCUT2D eigenvalue weighted by molar-refractivity contribution is 5.89. The van der Waals surface area contributed by atoms with Crippen LogP contribution in [0.4, 0.5) is 0 Å². The van der Waals surface area contributed by atoms with E-state index in [0.717, 1.165) is 44.3 Å². The number of rotatable bonds is 16. The van der Waals surface area contributed by atoms with Crippen LogP contribution in [0.3, 0.4) is 0 Å². The number of piperidine rings is 1. The molecule has 0 atom stereocenters. The fourth-order valence-electron chi connectivity index (χ4n) is 4.82. The highest BCUT2D eigenvalue weighted by Gasteiger charge is 2.37. The zero-order valence-corrected chi connectivity index (χ0v) is 22.1. The SMILES string of the molecule is CCCCCCCCCCCCCCCCC#CC#CC(=O)OC1(c2ccccc2)CCNCC1. The standard InChI is InChI=1S/C32H47NO2/c1-2-3-4-5-6-7-8-9-10-11-12-13-14-15-16-17-18-22-25-31(34)35-32(26-28-33-29-27-32)30-23-20-19-21-24-30/h19-21,23-24,33H,2-16,26-29H2,1H3. The monoisotopic (exact) mass is 477 g/mol. The minimum atomic E-state index is -0.583. The van der Waals surface area contributed by atoms with Crippen molar-refractivity contribution in [3.63, 3.8) is 0 Å². The molecule has 1 aromatic rings. The van der Waals surface area contributed by atoms with E-state index in [4.69, 9.17) is 4.74 Å². The molecule has 192 valence electrons. The molecule has 0 spiro atoms. The Labute approximate surface area is 215 Å². The summed E-state index contributed by atoms with van der Waals surface area (Å²) in [4.78, 5) is 12.4. The van der Waals surface area contributed by atoms with Crippen LogP contribution in [0, 0.1) is 23.7 Å². The molecule has 0 unspecified atom stereocenters. The molecular weight excluding hydrogens is 430 g/mol. The van der Waals surface area contributed by atoms with Gasteiger partial charge < -0.3 is 10.1 Å². The summed E-state index contributed by atoms with van der Waals surface area (Å²) >= 11 is 0. The number of unbranched alkanes of at least 4 members (excludes halogenated alkanes) is 14. The van der Waals surface area contributed by atoms with Crippen molar-refractivity contribution in [3.05, 3.63) is 35.9 Å². The molecule has 0 amide bonds. The van der Waals surface area contributed by atoms with E-state index in [9.17, 15) is 4.79 Å². The average Bonchev–Trinajstić information content (AvgIpc) is 2.89. The Kier molecular flexibility index (Phi) is 15.8. The molecular formula is C32H47NO2. The lowest BCUT2D eigenvalue weighted by Gasteiger charge is -2.36. The van der Waals surface area contributed by atoms with E-state index in [2.05, 4.69) is 35.9 Å². The van der Waals surface area contributed by atoms with Crippen molar-refractivity contribution in [2.45, 2.75) is 122 Å². The summed E-state index contributed by atoms with van der Waals surface area (Å²) in [6.07, 6.45) is 21.4. The highest BCUT2D eigenvalue weighted by Crippen LogP contribution is 2.34. The van der Waals surface area contributed by atoms with E-state index < -0.39 is 11.6 Å². The topological polar surface area (TPSA) is 38.3 Å². The number of esters is 1. The lowest BCUT2D eigenvalue weighted by atomic mass is 9.85. The van der Waals surface area contributed by atoms with Gasteiger partial charge in [0.2, 0.25) is 0 Å². The number of ether oxygens (including phenoxy) is 1. The normalized spacial score (nSPS) is 14.3. The van der Waals surface area contributed by atoms with Crippen molar-refractivity contribution in [1.29, 1.82) is 0 Å². The number of carbonyl (C=O) groups excluding carboxylic acids is 1. The third-order valence-corrected chi connectivity index (χ3v) is 6.97. The molecule has 1 aliphatic heterocycles. The van der Waals surface area contributed by atoms with E-state index in [1.807, 2.05) is 30.3 Å². The van der Waals surface area contributed by atoms with Crippen molar-refractivity contribution in [2.75, 3.05) is 13.1 Å². The van der Waals surface area contributed by atoms with Crippen molar-refractivity contribution < 1.29 is 9.53 Å². The second kappa shape index (κ2) is 19.0. The van der Waals surface area contributed by atoms with Gasteiger partial charge in [-0.25, -0.2) is 4.79 Å². The van der Waals surface area contributed by atoms with Crippen LogP contribution in [-0.4, -0.2) is 19.1 Å². The first-order valence-electron chi connectivity index (χ1n) is 14.2. The molecule has 1 aliphatic rings. The molecule has 0 radical (unpaired) electrons. The molecule has 0 aliphatic carbocycles. The summed E-state index contributed by atoms with van der Waals surface area (Å²) in [6.45, 7) is 3.93. The van der Waals surface area contributed by atoms with Gasteiger partial charge in [0.1, 0.15) is 5.60 Å². The number of hydrogen-bond donors (Lipinski definition) is 1. The van der Waals surface area contributed by atoms with Crippen LogP contribution in [0.2, 0.25) is 0 Å². The van der Waals surface area contributed by atoms with Crippen molar-refractivity contribution >= 4 is 5.97 Å². The molecule has 1 N–H and O–H groups in total. The highest BCUT2D eigenvalue weighted by atomic mass is 16.6. The molecule has 35 heavy (non-hydrogen) atoms. The molecule has 1 fully saturated rings. The minimum Gasteiger partial charge on any atom is -0.444 e. The lowest BCUT2D eigenvalue weighted by molar-refractivity contribution is -0.156. The summed E-state index contributed by atoms with van der Waals surface area (Å²) < 4.78 is 5.88. The van der Waals surface area contributed by atoms with Gasteiger partial charge in [0, 0.05) is 25.2 Å². The summed E-state index contributed by atoms with van der Waals surface area (Å²) in [5.74, 6) is 10.7. The van der Waals surface area contributed by atoms with Gasteiger partial charge in [-0.2, -0.15) is 0 Å². The van der Waals surface area contributed by atoms with Crippen LogP contribution in [0.1, 0.15) is 122 Å². The van der Waals surface area contributed by atoms with E-state index in [0.29, 0.717) is 0 Å². The number of benzene rings is 1. The van der Waals surface area contributed by atoms with Gasteiger partial charge in [0.15, 0.2) is 0 Å². The maximum absolute atomic E-state index is 12.4. The van der Waals surface area contributed by atoms with Gasteiger partial charge in [-0.15, -0.1) is 0 Å². The second-order valence-corrected chi connectivity index (χ2v) is 9.90. The molecule has 1 saturated heterocycles. The molecule has 3 heteroatoms. The zero-order valence-electron chi connectivity index (χ0n) is 22.1. The van der Waals surface area contributed by atoms with Crippen LogP contribution in [0.25, 0.3) is 0 Å². The smallest absolute Gasteiger partial charge is 0.386 e. The number of hydrogen-bond acceptors (Lipinski definition) is 3. The molecule has 3 nitrogen and oxygen atoms in total. The molecule has 1 aromatic carbocycles. The van der Waals surface area contributed by atoms with Crippen LogP contribution in [-0.2, 0) is 15.1 Å². The van der Waals surface area contributed by atoms with Crippen molar-refractivity contribution in [2.24, 2.45) is 0 Å². The van der Waals surface area contributed by atoms with E-state index in [1.54, 1.807) is 0 Å². The quantitative estimate of drug-likeness (QED) is 0.115. The molecule has 0 aromatic heterocycles. The second-order valence-electron chi connectivity index (χ2n) is 9.90. The Morgan fingerprint density at radius 1 is 0.800 bits per heavy atom. The number of carbonyl (C=O) groups is 1. The van der Waals surface area contributed by atoms with Gasteiger partial charge in [0.05, 0.1) is 0 Å². The first kappa shape index (κ1) is 29.0. The zero-order chi connectivity index (χ0) is 24.9. The first-order chi connectivity index (χ1) is 17.3. The Morgan fingerprint density at radius 2 is 1.34 bits per heavy atom. The van der Waals surface area contributed by atoms with Gasteiger partial charge >= 0.3 is 5.97 Å². The molecule has 2 rings (SSSR count). The van der Waals surface area contributed by atoms with Gasteiger partial charge in [-0.1, -0.05) is 127 Å². The Hall–Kier alpha value is -2.23. The summed E-state index contributed by atoms with van der Waals surface area (Å²) in [5, 5.41) is 3.34. The van der Waals surface area contributed by atoms with E-state index >= 15 is 0 Å². The Bertz CT molecular complexity index is 803. The maximum atomic E-state index is 12.4. The number of nitrogens with one attached hydrogen (secondary N) is 1. The largest absolute Gasteiger partial charge is 0.444 e. The molecule has 0 saturated carbocycles. The Morgan fingerprint density at radius 3 is 1.91 bits per heavy atom. The minimum absolute atomic E-state index is 0.485. The van der Waals surface area contributed by atoms with Crippen LogP contribution in [0.5, 0.6) is 0 Å². The van der Waals surface area contributed by atoms with E-state index in [1.165, 1.54) is 83.5 Å². The first-order valence-corrected chi connectivity index (χ1v) is 14.2. The lowest BCUT2D eigenvalue weighted by Crippen LogP contribution is -2.43. The average molecular weight is 478 g/mol. The maximum Gasteiger partial charge on any atom is 0.386 e. The van der Waals surface area contributed by atoms with Crippen molar-refractivity contribution in [3.8, 4) is 23.7 Å². The Balaban J connectivity index is 1.51.